The molecule has 0 radical (unpaired) electrons. The van der Waals surface area contributed by atoms with Gasteiger partial charge < -0.3 is 9.72 Å². The number of ether oxygens (including phenoxy) is 1. The summed E-state index contributed by atoms with van der Waals surface area (Å²) in [6.07, 6.45) is 1.38. The Balaban J connectivity index is 2.89. The second-order valence-corrected chi connectivity index (χ2v) is 4.49. The molecule has 0 unspecified atom stereocenters. The molecule has 0 bridgehead atoms. The smallest absolute Gasteiger partial charge is 0.343 e. The number of hydrogen-bond donors (Lipinski definition) is 1. The van der Waals surface area contributed by atoms with Gasteiger partial charge in [0.2, 0.25) is 5.43 Å². The first kappa shape index (κ1) is 11.9. The van der Waals surface area contributed by atoms with Crippen molar-refractivity contribution in [3.63, 3.8) is 0 Å². The molecule has 0 amide bonds. The van der Waals surface area contributed by atoms with Crippen molar-refractivity contribution in [2.24, 2.45) is 0 Å². The van der Waals surface area contributed by atoms with E-state index in [1.807, 2.05) is 19.1 Å². The number of hydrogen-bond acceptors (Lipinski definition) is 3. The first-order valence-corrected chi connectivity index (χ1v) is 5.74. The van der Waals surface area contributed by atoms with Crippen LogP contribution in [0.1, 0.15) is 15.9 Å². The van der Waals surface area contributed by atoms with Crippen LogP contribution >= 0.6 is 15.9 Å². The summed E-state index contributed by atoms with van der Waals surface area (Å²) in [6, 6.07) is 3.67. The molecule has 1 aromatic carbocycles. The Morgan fingerprint density at radius 1 is 1.41 bits per heavy atom. The molecule has 2 rings (SSSR count). The summed E-state index contributed by atoms with van der Waals surface area (Å²) in [7, 11) is 1.25. The molecular formula is C12H10BrNO3. The quantitative estimate of drug-likeness (QED) is 0.822. The fourth-order valence-corrected chi connectivity index (χ4v) is 2.17. The van der Waals surface area contributed by atoms with E-state index in [1.165, 1.54) is 13.3 Å². The van der Waals surface area contributed by atoms with Gasteiger partial charge in [-0.25, -0.2) is 4.79 Å². The Kier molecular flexibility index (Phi) is 3.02. The van der Waals surface area contributed by atoms with Gasteiger partial charge in [0.05, 0.1) is 18.0 Å². The highest BCUT2D eigenvalue weighted by Crippen LogP contribution is 2.22. The molecule has 4 nitrogen and oxygen atoms in total. The molecule has 2 aromatic rings. The fraction of sp³-hybridized carbons (Fsp3) is 0.167. The third-order valence-electron chi connectivity index (χ3n) is 2.60. The van der Waals surface area contributed by atoms with Crippen molar-refractivity contribution in [1.82, 2.24) is 4.98 Å². The van der Waals surface area contributed by atoms with Crippen LogP contribution in [0.25, 0.3) is 10.9 Å². The number of nitrogens with one attached hydrogen (secondary N) is 1. The molecule has 0 atom stereocenters. The monoisotopic (exact) mass is 295 g/mol. The molecule has 0 aliphatic heterocycles. The van der Waals surface area contributed by atoms with Gasteiger partial charge >= 0.3 is 5.97 Å². The number of methoxy groups -OCH3 is 1. The largest absolute Gasteiger partial charge is 0.465 e. The van der Waals surface area contributed by atoms with E-state index in [-0.39, 0.29) is 11.0 Å². The maximum Gasteiger partial charge on any atom is 0.343 e. The standard InChI is InChI=1S/C12H10BrNO3/c1-6-3-4-8(13)10-9(6)11(15)7(5-14-10)12(16)17-2/h3-5H,1-2H3,(H,14,15). The zero-order valence-electron chi connectivity index (χ0n) is 9.33. The minimum atomic E-state index is -0.632. The Hall–Kier alpha value is -1.62. The van der Waals surface area contributed by atoms with Crippen molar-refractivity contribution in [3.8, 4) is 0 Å². The Morgan fingerprint density at radius 3 is 2.76 bits per heavy atom. The van der Waals surface area contributed by atoms with Gasteiger partial charge in [0.15, 0.2) is 0 Å². The topological polar surface area (TPSA) is 59.2 Å². The lowest BCUT2D eigenvalue weighted by Gasteiger charge is -2.05. The summed E-state index contributed by atoms with van der Waals surface area (Å²) < 4.78 is 5.35. The summed E-state index contributed by atoms with van der Waals surface area (Å²) in [5, 5.41) is 0.502. The Bertz CT molecular complexity index is 661. The van der Waals surface area contributed by atoms with Crippen LogP contribution in [0, 0.1) is 6.92 Å². The molecule has 0 aliphatic carbocycles. The number of halogens is 1. The molecule has 1 N–H and O–H groups in total. The van der Waals surface area contributed by atoms with E-state index in [0.717, 1.165) is 10.0 Å². The van der Waals surface area contributed by atoms with E-state index in [1.54, 1.807) is 0 Å². The van der Waals surface area contributed by atoms with Gasteiger partial charge in [-0.3, -0.25) is 4.79 Å². The maximum atomic E-state index is 12.2. The summed E-state index contributed by atoms with van der Waals surface area (Å²) in [4.78, 5) is 26.5. The van der Waals surface area contributed by atoms with Crippen molar-refractivity contribution in [3.05, 3.63) is 44.2 Å². The molecule has 5 heteroatoms. The zero-order chi connectivity index (χ0) is 12.6. The normalized spacial score (nSPS) is 10.5. The molecular weight excluding hydrogens is 286 g/mol. The maximum absolute atomic E-state index is 12.2. The number of aryl methyl sites for hydroxylation is 1. The number of aromatic amines is 1. The second-order valence-electron chi connectivity index (χ2n) is 3.64. The van der Waals surface area contributed by atoms with Crippen molar-refractivity contribution < 1.29 is 9.53 Å². The third kappa shape index (κ3) is 1.86. The highest BCUT2D eigenvalue weighted by molar-refractivity contribution is 9.10. The van der Waals surface area contributed by atoms with Gasteiger partial charge in [-0.2, -0.15) is 0 Å². The van der Waals surface area contributed by atoms with Crippen LogP contribution in [0.3, 0.4) is 0 Å². The van der Waals surface area contributed by atoms with Crippen LogP contribution in [-0.2, 0) is 4.74 Å². The molecule has 88 valence electrons. The van der Waals surface area contributed by atoms with Gasteiger partial charge in [-0.05, 0) is 34.5 Å². The van der Waals surface area contributed by atoms with Gasteiger partial charge in [0.1, 0.15) is 5.56 Å². The van der Waals surface area contributed by atoms with E-state index >= 15 is 0 Å². The highest BCUT2D eigenvalue weighted by Gasteiger charge is 2.15. The first-order chi connectivity index (χ1) is 8.06. The number of carbonyl (C=O) groups is 1. The molecule has 0 saturated heterocycles. The minimum Gasteiger partial charge on any atom is -0.465 e. The fourth-order valence-electron chi connectivity index (χ4n) is 1.72. The SMILES string of the molecule is COC(=O)c1c[nH]c2c(Br)ccc(C)c2c1=O. The van der Waals surface area contributed by atoms with Crippen molar-refractivity contribution in [2.45, 2.75) is 6.92 Å². The van der Waals surface area contributed by atoms with Crippen LogP contribution in [0.4, 0.5) is 0 Å². The van der Waals surface area contributed by atoms with E-state index in [2.05, 4.69) is 25.7 Å². The number of pyridine rings is 1. The number of carbonyl (C=O) groups excluding carboxylic acids is 1. The lowest BCUT2D eigenvalue weighted by atomic mass is 10.1. The number of rotatable bonds is 1. The number of aromatic nitrogens is 1. The summed E-state index contributed by atoms with van der Waals surface area (Å²) >= 11 is 3.36. The zero-order valence-corrected chi connectivity index (χ0v) is 10.9. The van der Waals surface area contributed by atoms with E-state index in [4.69, 9.17) is 0 Å². The van der Waals surface area contributed by atoms with Crippen molar-refractivity contribution in [2.75, 3.05) is 7.11 Å². The molecule has 1 heterocycles. The minimum absolute atomic E-state index is 0.0150. The van der Waals surface area contributed by atoms with Crippen LogP contribution in [0.15, 0.2) is 27.6 Å². The molecule has 0 saturated carbocycles. The van der Waals surface area contributed by atoms with Gasteiger partial charge in [-0.1, -0.05) is 6.07 Å². The van der Waals surface area contributed by atoms with E-state index in [0.29, 0.717) is 10.9 Å². The van der Waals surface area contributed by atoms with Gasteiger partial charge in [0, 0.05) is 10.7 Å². The Morgan fingerprint density at radius 2 is 2.12 bits per heavy atom. The molecule has 1 aromatic heterocycles. The van der Waals surface area contributed by atoms with Crippen molar-refractivity contribution in [1.29, 1.82) is 0 Å². The van der Waals surface area contributed by atoms with Gasteiger partial charge in [-0.15, -0.1) is 0 Å². The van der Waals surface area contributed by atoms with Crippen LogP contribution in [-0.4, -0.2) is 18.1 Å². The Labute approximate surface area is 106 Å². The molecule has 0 aliphatic rings. The summed E-state index contributed by atoms with van der Waals surface area (Å²) in [5.41, 5.74) is 1.20. The lowest BCUT2D eigenvalue weighted by Crippen LogP contribution is -2.17. The predicted molar refractivity (Wildman–Crippen MR) is 68.3 cm³/mol. The van der Waals surface area contributed by atoms with Crippen LogP contribution in [0.2, 0.25) is 0 Å². The van der Waals surface area contributed by atoms with Crippen LogP contribution < -0.4 is 5.43 Å². The summed E-state index contributed by atoms with van der Waals surface area (Å²) in [5.74, 6) is -0.632. The number of benzene rings is 1. The number of H-pyrrole nitrogens is 1. The number of esters is 1. The second kappa shape index (κ2) is 4.33. The van der Waals surface area contributed by atoms with Crippen LogP contribution in [0.5, 0.6) is 0 Å². The molecule has 17 heavy (non-hydrogen) atoms. The predicted octanol–water partition coefficient (Wildman–Crippen LogP) is 2.39. The molecule has 0 fully saturated rings. The van der Waals surface area contributed by atoms with Gasteiger partial charge in [0.25, 0.3) is 0 Å². The van der Waals surface area contributed by atoms with E-state index < -0.39 is 5.97 Å². The average Bonchev–Trinajstić information content (AvgIpc) is 2.33. The average molecular weight is 296 g/mol. The third-order valence-corrected chi connectivity index (χ3v) is 3.26. The first-order valence-electron chi connectivity index (χ1n) is 4.95. The molecule has 0 spiro atoms. The highest BCUT2D eigenvalue weighted by atomic mass is 79.9. The van der Waals surface area contributed by atoms with E-state index in [9.17, 15) is 9.59 Å². The lowest BCUT2D eigenvalue weighted by molar-refractivity contribution is 0.0599. The number of fused-ring (bicyclic) bond motifs is 1. The van der Waals surface area contributed by atoms with Crippen molar-refractivity contribution >= 4 is 32.8 Å². The summed E-state index contributed by atoms with van der Waals surface area (Å²) in [6.45, 7) is 1.82.